The number of hydrogen-bond donors (Lipinski definition) is 1. The molecule has 0 atom stereocenters. The van der Waals surface area contributed by atoms with Gasteiger partial charge in [-0.05, 0) is 12.1 Å². The predicted octanol–water partition coefficient (Wildman–Crippen LogP) is 1.26. The maximum Gasteiger partial charge on any atom is 0.182 e. The lowest BCUT2D eigenvalue weighted by Gasteiger charge is -1.97. The summed E-state index contributed by atoms with van der Waals surface area (Å²) in [6, 6.07) is 3.25. The zero-order valence-electron chi connectivity index (χ0n) is 7.16. The highest BCUT2D eigenvalue weighted by Gasteiger charge is 2.04. The number of aromatic nitrogens is 1. The Hall–Kier alpha value is -1.82. The number of ketones is 1. The number of pyridine rings is 1. The van der Waals surface area contributed by atoms with Gasteiger partial charge < -0.3 is 5.73 Å². The van der Waals surface area contributed by atoms with Gasteiger partial charge in [0.1, 0.15) is 5.69 Å². The minimum absolute atomic E-state index is 0.0436. The van der Waals surface area contributed by atoms with Crippen molar-refractivity contribution in [1.29, 1.82) is 0 Å². The summed E-state index contributed by atoms with van der Waals surface area (Å²) >= 11 is 0. The van der Waals surface area contributed by atoms with Crippen LogP contribution in [0.15, 0.2) is 18.3 Å². The molecule has 1 heterocycles. The number of nitrogen functional groups attached to an aromatic ring is 1. The molecule has 0 fully saturated rings. The smallest absolute Gasteiger partial charge is 0.182 e. The summed E-state index contributed by atoms with van der Waals surface area (Å²) in [4.78, 5) is 15.2. The van der Waals surface area contributed by atoms with Gasteiger partial charge in [0, 0.05) is 12.8 Å². The second-order valence-corrected chi connectivity index (χ2v) is 2.60. The summed E-state index contributed by atoms with van der Waals surface area (Å²) < 4.78 is 0. The number of nitrogens with two attached hydrogens (primary N) is 1. The van der Waals surface area contributed by atoms with Gasteiger partial charge in [-0.3, -0.25) is 9.78 Å². The topological polar surface area (TPSA) is 56.0 Å². The van der Waals surface area contributed by atoms with Crippen molar-refractivity contribution in [2.24, 2.45) is 0 Å². The maximum atomic E-state index is 11.3. The SMILES string of the molecule is C#CCCC(=O)c1ccc(N)cn1. The molecule has 13 heavy (non-hydrogen) atoms. The molecule has 0 saturated heterocycles. The number of carbonyl (C=O) groups excluding carboxylic acids is 1. The average molecular weight is 174 g/mol. The van der Waals surface area contributed by atoms with Crippen LogP contribution in [0.25, 0.3) is 0 Å². The number of carbonyl (C=O) groups is 1. The monoisotopic (exact) mass is 174 g/mol. The largest absolute Gasteiger partial charge is 0.397 e. The molecule has 2 N–H and O–H groups in total. The quantitative estimate of drug-likeness (QED) is 0.554. The fraction of sp³-hybridized carbons (Fsp3) is 0.200. The third-order valence-corrected chi connectivity index (χ3v) is 1.57. The summed E-state index contributed by atoms with van der Waals surface area (Å²) in [5.41, 5.74) is 6.39. The van der Waals surface area contributed by atoms with Crippen molar-refractivity contribution in [3.63, 3.8) is 0 Å². The Labute approximate surface area is 77.0 Å². The van der Waals surface area contributed by atoms with Crippen molar-refractivity contribution in [1.82, 2.24) is 4.98 Å². The highest BCUT2D eigenvalue weighted by molar-refractivity contribution is 5.94. The maximum absolute atomic E-state index is 11.3. The predicted molar refractivity (Wildman–Crippen MR) is 51.0 cm³/mol. The molecular formula is C10H10N2O. The van der Waals surface area contributed by atoms with Gasteiger partial charge in [0.05, 0.1) is 11.9 Å². The standard InChI is InChI=1S/C10H10N2O/c1-2-3-4-10(13)9-6-5-8(11)7-12-9/h1,5-7H,3-4,11H2. The number of Topliss-reactive ketones (excluding diaryl/α,β-unsaturated/α-hetero) is 1. The van der Waals surface area contributed by atoms with Crippen LogP contribution in [0.3, 0.4) is 0 Å². The lowest BCUT2D eigenvalue weighted by molar-refractivity contribution is 0.0979. The molecule has 0 aliphatic rings. The minimum atomic E-state index is -0.0436. The zero-order valence-corrected chi connectivity index (χ0v) is 7.16. The van der Waals surface area contributed by atoms with Crippen molar-refractivity contribution in [3.05, 3.63) is 24.0 Å². The zero-order chi connectivity index (χ0) is 9.68. The summed E-state index contributed by atoms with van der Waals surface area (Å²) in [6.45, 7) is 0. The highest BCUT2D eigenvalue weighted by atomic mass is 16.1. The Balaban J connectivity index is 2.68. The van der Waals surface area contributed by atoms with Crippen LogP contribution in [0.1, 0.15) is 23.3 Å². The molecule has 1 aromatic heterocycles. The Morgan fingerprint density at radius 1 is 1.62 bits per heavy atom. The van der Waals surface area contributed by atoms with E-state index in [1.807, 2.05) is 0 Å². The Kier molecular flexibility index (Phi) is 3.04. The lowest BCUT2D eigenvalue weighted by atomic mass is 10.1. The van der Waals surface area contributed by atoms with Crippen LogP contribution < -0.4 is 5.73 Å². The number of terminal acetylenes is 1. The molecule has 0 amide bonds. The van der Waals surface area contributed by atoms with E-state index in [0.29, 0.717) is 24.2 Å². The molecule has 1 rings (SSSR count). The Bertz CT molecular complexity index is 335. The van der Waals surface area contributed by atoms with E-state index in [1.165, 1.54) is 6.20 Å². The van der Waals surface area contributed by atoms with Gasteiger partial charge in [-0.15, -0.1) is 12.3 Å². The minimum Gasteiger partial charge on any atom is -0.397 e. The number of nitrogens with zero attached hydrogens (tertiary/aromatic N) is 1. The first-order chi connectivity index (χ1) is 6.24. The average Bonchev–Trinajstić information content (AvgIpc) is 2.15. The van der Waals surface area contributed by atoms with Crippen LogP contribution in [-0.2, 0) is 0 Å². The summed E-state index contributed by atoms with van der Waals surface area (Å²) in [6.07, 6.45) is 7.29. The number of anilines is 1. The molecule has 3 heteroatoms. The van der Waals surface area contributed by atoms with Gasteiger partial charge in [-0.25, -0.2) is 0 Å². The van der Waals surface area contributed by atoms with Gasteiger partial charge in [0.2, 0.25) is 0 Å². The molecule has 0 aliphatic carbocycles. The van der Waals surface area contributed by atoms with Crippen molar-refractivity contribution in [2.45, 2.75) is 12.8 Å². The lowest BCUT2D eigenvalue weighted by Crippen LogP contribution is -2.01. The van der Waals surface area contributed by atoms with E-state index in [-0.39, 0.29) is 5.78 Å². The van der Waals surface area contributed by atoms with Crippen molar-refractivity contribution >= 4 is 11.5 Å². The Morgan fingerprint density at radius 3 is 2.92 bits per heavy atom. The molecule has 0 bridgehead atoms. The van der Waals surface area contributed by atoms with Crippen molar-refractivity contribution in [3.8, 4) is 12.3 Å². The van der Waals surface area contributed by atoms with Gasteiger partial charge in [-0.2, -0.15) is 0 Å². The van der Waals surface area contributed by atoms with Crippen LogP contribution in [0.2, 0.25) is 0 Å². The van der Waals surface area contributed by atoms with Crippen LogP contribution in [0, 0.1) is 12.3 Å². The number of rotatable bonds is 3. The molecule has 0 unspecified atom stereocenters. The normalized spacial score (nSPS) is 9.15. The van der Waals surface area contributed by atoms with E-state index in [4.69, 9.17) is 12.2 Å². The van der Waals surface area contributed by atoms with Gasteiger partial charge in [0.15, 0.2) is 5.78 Å². The van der Waals surface area contributed by atoms with Crippen LogP contribution in [-0.4, -0.2) is 10.8 Å². The van der Waals surface area contributed by atoms with Crippen molar-refractivity contribution < 1.29 is 4.79 Å². The molecule has 1 aromatic rings. The summed E-state index contributed by atoms with van der Waals surface area (Å²) in [5, 5.41) is 0. The molecule has 0 radical (unpaired) electrons. The van der Waals surface area contributed by atoms with Crippen LogP contribution >= 0.6 is 0 Å². The van der Waals surface area contributed by atoms with Crippen LogP contribution in [0.5, 0.6) is 0 Å². The fourth-order valence-corrected chi connectivity index (χ4v) is 0.884. The first-order valence-corrected chi connectivity index (χ1v) is 3.92. The molecule has 3 nitrogen and oxygen atoms in total. The van der Waals surface area contributed by atoms with E-state index >= 15 is 0 Å². The molecule has 0 aromatic carbocycles. The van der Waals surface area contributed by atoms with E-state index < -0.39 is 0 Å². The summed E-state index contributed by atoms with van der Waals surface area (Å²) in [5.74, 6) is 2.36. The van der Waals surface area contributed by atoms with E-state index in [2.05, 4.69) is 10.9 Å². The summed E-state index contributed by atoms with van der Waals surface area (Å²) in [7, 11) is 0. The Morgan fingerprint density at radius 2 is 2.38 bits per heavy atom. The molecule has 0 spiro atoms. The molecule has 0 saturated carbocycles. The third kappa shape index (κ3) is 2.60. The van der Waals surface area contributed by atoms with Crippen molar-refractivity contribution in [2.75, 3.05) is 5.73 Å². The molecule has 66 valence electrons. The third-order valence-electron chi connectivity index (χ3n) is 1.57. The van der Waals surface area contributed by atoms with E-state index in [0.717, 1.165) is 0 Å². The second kappa shape index (κ2) is 4.27. The van der Waals surface area contributed by atoms with E-state index in [9.17, 15) is 4.79 Å². The van der Waals surface area contributed by atoms with Gasteiger partial charge in [-0.1, -0.05) is 0 Å². The second-order valence-electron chi connectivity index (χ2n) is 2.60. The van der Waals surface area contributed by atoms with Gasteiger partial charge in [0.25, 0.3) is 0 Å². The number of hydrogen-bond acceptors (Lipinski definition) is 3. The van der Waals surface area contributed by atoms with Gasteiger partial charge >= 0.3 is 0 Å². The fourth-order valence-electron chi connectivity index (χ4n) is 0.884. The van der Waals surface area contributed by atoms with E-state index in [1.54, 1.807) is 12.1 Å². The molecular weight excluding hydrogens is 164 g/mol. The van der Waals surface area contributed by atoms with Crippen LogP contribution in [0.4, 0.5) is 5.69 Å². The molecule has 0 aliphatic heterocycles. The first kappa shape index (κ1) is 9.27. The first-order valence-electron chi connectivity index (χ1n) is 3.92. The highest BCUT2D eigenvalue weighted by Crippen LogP contribution is 2.04.